The Kier molecular flexibility index (Phi) is 5.75. The monoisotopic (exact) mass is 421 g/mol. The quantitative estimate of drug-likeness (QED) is 0.358. The Morgan fingerprint density at radius 2 is 1.90 bits per heavy atom. The van der Waals surface area contributed by atoms with E-state index in [0.29, 0.717) is 36.3 Å². The first kappa shape index (κ1) is 20.7. The van der Waals surface area contributed by atoms with Gasteiger partial charge in [0.1, 0.15) is 24.0 Å². The number of nitrogens with zero attached hydrogens (tertiary/aromatic N) is 1. The first-order chi connectivity index (χ1) is 14.9. The lowest BCUT2D eigenvalue weighted by molar-refractivity contribution is -0.139. The van der Waals surface area contributed by atoms with Crippen molar-refractivity contribution in [2.75, 3.05) is 6.54 Å². The van der Waals surface area contributed by atoms with Crippen LogP contribution in [0.25, 0.3) is 11.0 Å². The summed E-state index contributed by atoms with van der Waals surface area (Å²) in [4.78, 5) is 38.6. The summed E-state index contributed by atoms with van der Waals surface area (Å²) in [6.45, 7) is 4.12. The zero-order valence-electron chi connectivity index (χ0n) is 17.4. The van der Waals surface area contributed by atoms with E-state index in [4.69, 9.17) is 13.9 Å². The lowest BCUT2D eigenvalue weighted by Gasteiger charge is -2.23. The predicted octanol–water partition coefficient (Wildman–Crippen LogP) is 4.12. The number of esters is 1. The standard InChI is InChI=1S/C24H23NO6/c1-15-13-21(26)31-22-16(2)20(11-10-18(15)22)30-23(27)19-9-6-12-25(19)24(28)29-14-17-7-4-3-5-8-17/h3-5,7-8,10-11,13,19H,6,9,12,14H2,1-2H3. The van der Waals surface area contributed by atoms with Crippen molar-refractivity contribution in [3.8, 4) is 5.75 Å². The van der Waals surface area contributed by atoms with Crippen LogP contribution in [0.5, 0.6) is 5.75 Å². The van der Waals surface area contributed by atoms with Gasteiger partial charge in [-0.3, -0.25) is 4.90 Å². The summed E-state index contributed by atoms with van der Waals surface area (Å²) in [6.07, 6.45) is 0.644. The van der Waals surface area contributed by atoms with E-state index < -0.39 is 23.7 Å². The molecular formula is C24H23NO6. The minimum Gasteiger partial charge on any atom is -0.445 e. The number of hydrogen-bond donors (Lipinski definition) is 0. The normalized spacial score (nSPS) is 15.8. The molecule has 1 amide bonds. The van der Waals surface area contributed by atoms with Crippen LogP contribution in [-0.2, 0) is 16.1 Å². The van der Waals surface area contributed by atoms with Gasteiger partial charge in [0.05, 0.1) is 0 Å². The van der Waals surface area contributed by atoms with Gasteiger partial charge in [0.2, 0.25) is 0 Å². The Labute approximate surface area is 179 Å². The fraction of sp³-hybridized carbons (Fsp3) is 0.292. The lowest BCUT2D eigenvalue weighted by atomic mass is 10.1. The molecule has 7 nitrogen and oxygen atoms in total. The molecule has 7 heteroatoms. The van der Waals surface area contributed by atoms with Crippen molar-refractivity contribution in [2.24, 2.45) is 0 Å². The van der Waals surface area contributed by atoms with Crippen LogP contribution in [0.1, 0.15) is 29.5 Å². The number of hydrogen-bond acceptors (Lipinski definition) is 6. The van der Waals surface area contributed by atoms with Gasteiger partial charge < -0.3 is 13.9 Å². The second kappa shape index (κ2) is 8.63. The van der Waals surface area contributed by atoms with Crippen molar-refractivity contribution in [1.82, 2.24) is 4.90 Å². The molecule has 1 atom stereocenters. The van der Waals surface area contributed by atoms with E-state index in [-0.39, 0.29) is 6.61 Å². The average Bonchev–Trinajstić information content (AvgIpc) is 3.25. The van der Waals surface area contributed by atoms with Crippen LogP contribution < -0.4 is 10.4 Å². The number of carbonyl (C=O) groups excluding carboxylic acids is 2. The Balaban J connectivity index is 1.48. The molecule has 1 aliphatic rings. The number of aryl methyl sites for hydroxylation is 2. The van der Waals surface area contributed by atoms with E-state index in [1.54, 1.807) is 19.1 Å². The number of amides is 1. The third-order valence-corrected chi connectivity index (χ3v) is 5.49. The number of ether oxygens (including phenoxy) is 2. The molecule has 31 heavy (non-hydrogen) atoms. The Morgan fingerprint density at radius 3 is 2.68 bits per heavy atom. The van der Waals surface area contributed by atoms with Crippen molar-refractivity contribution in [3.63, 3.8) is 0 Å². The van der Waals surface area contributed by atoms with Crippen LogP contribution in [0.3, 0.4) is 0 Å². The molecule has 1 aromatic heterocycles. The van der Waals surface area contributed by atoms with Gasteiger partial charge in [-0.15, -0.1) is 0 Å². The van der Waals surface area contributed by atoms with Crippen molar-refractivity contribution in [2.45, 2.75) is 39.3 Å². The molecule has 160 valence electrons. The number of likely N-dealkylation sites (tertiary alicyclic amines) is 1. The first-order valence-corrected chi connectivity index (χ1v) is 10.2. The van der Waals surface area contributed by atoms with E-state index in [0.717, 1.165) is 16.5 Å². The van der Waals surface area contributed by atoms with Crippen LogP contribution in [0.15, 0.2) is 57.7 Å². The van der Waals surface area contributed by atoms with Gasteiger partial charge >= 0.3 is 17.7 Å². The number of carbonyl (C=O) groups is 2. The SMILES string of the molecule is Cc1cc(=O)oc2c(C)c(OC(=O)C3CCCN3C(=O)OCc3ccccc3)ccc12. The predicted molar refractivity (Wildman–Crippen MR) is 114 cm³/mol. The molecule has 2 aromatic carbocycles. The maximum atomic E-state index is 12.9. The van der Waals surface area contributed by atoms with Crippen molar-refractivity contribution >= 4 is 23.0 Å². The van der Waals surface area contributed by atoms with E-state index in [9.17, 15) is 14.4 Å². The molecule has 1 fully saturated rings. The van der Waals surface area contributed by atoms with Crippen molar-refractivity contribution in [3.05, 3.63) is 75.6 Å². The van der Waals surface area contributed by atoms with Gasteiger partial charge in [-0.25, -0.2) is 14.4 Å². The zero-order chi connectivity index (χ0) is 22.0. The highest BCUT2D eigenvalue weighted by Gasteiger charge is 2.36. The van der Waals surface area contributed by atoms with E-state index in [1.165, 1.54) is 11.0 Å². The van der Waals surface area contributed by atoms with Crippen molar-refractivity contribution < 1.29 is 23.5 Å². The van der Waals surface area contributed by atoms with Crippen LogP contribution in [0, 0.1) is 13.8 Å². The smallest absolute Gasteiger partial charge is 0.410 e. The minimum atomic E-state index is -0.720. The molecule has 0 bridgehead atoms. The van der Waals surface area contributed by atoms with Crippen molar-refractivity contribution in [1.29, 1.82) is 0 Å². The molecule has 0 spiro atoms. The Hall–Kier alpha value is -3.61. The van der Waals surface area contributed by atoms with Gasteiger partial charge in [-0.2, -0.15) is 0 Å². The maximum Gasteiger partial charge on any atom is 0.410 e. The molecule has 0 radical (unpaired) electrons. The molecule has 3 aromatic rings. The van der Waals surface area contributed by atoms with E-state index in [2.05, 4.69) is 0 Å². The number of benzene rings is 2. The summed E-state index contributed by atoms with van der Waals surface area (Å²) in [6, 6.07) is 13.5. The van der Waals surface area contributed by atoms with Gasteiger partial charge in [0.15, 0.2) is 0 Å². The van der Waals surface area contributed by atoms with Crippen LogP contribution in [0.2, 0.25) is 0 Å². The summed E-state index contributed by atoms with van der Waals surface area (Å²) in [7, 11) is 0. The molecule has 0 saturated carbocycles. The Bertz CT molecular complexity index is 1180. The number of fused-ring (bicyclic) bond motifs is 1. The molecule has 2 heterocycles. The molecular weight excluding hydrogens is 398 g/mol. The van der Waals surface area contributed by atoms with E-state index in [1.807, 2.05) is 37.3 Å². The maximum absolute atomic E-state index is 12.9. The molecule has 1 unspecified atom stereocenters. The second-order valence-electron chi connectivity index (χ2n) is 7.63. The van der Waals surface area contributed by atoms with Gasteiger partial charge in [0, 0.05) is 23.6 Å². The molecule has 0 aliphatic carbocycles. The topological polar surface area (TPSA) is 86.0 Å². The molecule has 0 N–H and O–H groups in total. The first-order valence-electron chi connectivity index (χ1n) is 10.2. The number of rotatable bonds is 4. The summed E-state index contributed by atoms with van der Waals surface area (Å²) < 4.78 is 16.3. The van der Waals surface area contributed by atoms with Gasteiger partial charge in [-0.05, 0) is 49.9 Å². The van der Waals surface area contributed by atoms with Crippen LogP contribution in [0.4, 0.5) is 4.79 Å². The fourth-order valence-electron chi connectivity index (χ4n) is 3.82. The summed E-state index contributed by atoms with van der Waals surface area (Å²) in [5, 5.41) is 0.781. The summed E-state index contributed by atoms with van der Waals surface area (Å²) in [5.74, 6) is -0.234. The average molecular weight is 421 g/mol. The van der Waals surface area contributed by atoms with Crippen LogP contribution in [-0.4, -0.2) is 29.5 Å². The summed E-state index contributed by atoms with van der Waals surface area (Å²) >= 11 is 0. The highest BCUT2D eigenvalue weighted by Crippen LogP contribution is 2.29. The summed E-state index contributed by atoms with van der Waals surface area (Å²) in [5.41, 5.74) is 2.15. The third-order valence-electron chi connectivity index (χ3n) is 5.49. The van der Waals surface area contributed by atoms with Gasteiger partial charge in [0.25, 0.3) is 0 Å². The van der Waals surface area contributed by atoms with Crippen LogP contribution >= 0.6 is 0 Å². The molecule has 1 saturated heterocycles. The minimum absolute atomic E-state index is 0.139. The second-order valence-corrected chi connectivity index (χ2v) is 7.63. The van der Waals surface area contributed by atoms with Gasteiger partial charge in [-0.1, -0.05) is 30.3 Å². The highest BCUT2D eigenvalue weighted by atomic mass is 16.6. The van der Waals surface area contributed by atoms with E-state index >= 15 is 0 Å². The Morgan fingerprint density at radius 1 is 1.13 bits per heavy atom. The third kappa shape index (κ3) is 4.30. The molecule has 1 aliphatic heterocycles. The fourth-order valence-corrected chi connectivity index (χ4v) is 3.82. The lowest BCUT2D eigenvalue weighted by Crippen LogP contribution is -2.42. The zero-order valence-corrected chi connectivity index (χ0v) is 17.4. The highest BCUT2D eigenvalue weighted by molar-refractivity contribution is 5.88. The largest absolute Gasteiger partial charge is 0.445 e. The molecule has 4 rings (SSSR count).